The Hall–Kier alpha value is -1.59. The maximum atomic E-state index is 12.7. The molecule has 0 aliphatic heterocycles. The van der Waals surface area contributed by atoms with Crippen LogP contribution in [0.2, 0.25) is 0 Å². The minimum atomic E-state index is -0.501. The van der Waals surface area contributed by atoms with E-state index in [1.54, 1.807) is 0 Å². The third kappa shape index (κ3) is 22.1. The van der Waals surface area contributed by atoms with Gasteiger partial charge in [0.05, 0.1) is 7.11 Å². The van der Waals surface area contributed by atoms with Crippen LogP contribution in [0, 0.1) is 5.92 Å². The predicted octanol–water partition coefficient (Wildman–Crippen LogP) is 7.63. The van der Waals surface area contributed by atoms with E-state index in [9.17, 15) is 14.4 Å². The van der Waals surface area contributed by atoms with Crippen LogP contribution < -0.4 is 10.6 Å². The molecular formula is C31H60N2O4. The van der Waals surface area contributed by atoms with Crippen molar-refractivity contribution in [1.82, 2.24) is 10.6 Å². The smallest absolute Gasteiger partial charge is 0.305 e. The van der Waals surface area contributed by atoms with Crippen molar-refractivity contribution in [3.63, 3.8) is 0 Å². The molecule has 6 heteroatoms. The van der Waals surface area contributed by atoms with Crippen molar-refractivity contribution in [2.75, 3.05) is 13.7 Å². The highest BCUT2D eigenvalue weighted by atomic mass is 16.5. The number of amides is 2. The van der Waals surface area contributed by atoms with Crippen molar-refractivity contribution in [2.45, 2.75) is 162 Å². The minimum Gasteiger partial charge on any atom is -0.469 e. The first-order valence-electron chi connectivity index (χ1n) is 15.6. The Bertz CT molecular complexity index is 567. The van der Waals surface area contributed by atoms with Gasteiger partial charge >= 0.3 is 5.97 Å². The lowest BCUT2D eigenvalue weighted by molar-refractivity contribution is -0.140. The summed E-state index contributed by atoms with van der Waals surface area (Å²) in [6.07, 6.45) is 24.0. The van der Waals surface area contributed by atoms with Crippen LogP contribution in [0.5, 0.6) is 0 Å². The van der Waals surface area contributed by atoms with Gasteiger partial charge in [-0.2, -0.15) is 0 Å². The molecule has 0 radical (unpaired) electrons. The maximum absolute atomic E-state index is 12.7. The van der Waals surface area contributed by atoms with Gasteiger partial charge < -0.3 is 15.4 Å². The van der Waals surface area contributed by atoms with E-state index in [4.69, 9.17) is 0 Å². The highest BCUT2D eigenvalue weighted by molar-refractivity contribution is 5.87. The monoisotopic (exact) mass is 524 g/mol. The molecule has 0 aromatic carbocycles. The standard InChI is InChI=1S/C31H60N2O4/c1-5-7-8-9-10-11-12-13-14-15-16-17-18-19-20-23-26-32-31(36)30(27(3)6-2)33-28(34)24-21-22-25-29(35)37-4/h27,30H,5-26H2,1-4H3,(H,32,36)(H,33,34)/t27-,30-/m0/s1. The van der Waals surface area contributed by atoms with Gasteiger partial charge in [-0.05, 0) is 25.2 Å². The SMILES string of the molecule is CCCCCCCCCCCCCCCCCCNC(=O)[C@@H](NC(=O)CCCCC(=O)OC)[C@@H](C)CC. The predicted molar refractivity (Wildman–Crippen MR) is 154 cm³/mol. The molecule has 0 heterocycles. The zero-order valence-corrected chi connectivity index (χ0v) is 24.8. The Morgan fingerprint density at radius 3 is 1.57 bits per heavy atom. The molecule has 0 spiro atoms. The molecule has 0 saturated heterocycles. The lowest BCUT2D eigenvalue weighted by atomic mass is 9.98. The molecule has 0 unspecified atom stereocenters. The second kappa shape index (κ2) is 26.0. The summed E-state index contributed by atoms with van der Waals surface area (Å²) in [6, 6.07) is -0.501. The number of carbonyl (C=O) groups excluding carboxylic acids is 3. The first-order valence-corrected chi connectivity index (χ1v) is 15.6. The minimum absolute atomic E-state index is 0.0739. The number of unbranched alkanes of at least 4 members (excludes halogenated alkanes) is 16. The van der Waals surface area contributed by atoms with E-state index in [1.807, 2.05) is 13.8 Å². The molecule has 0 aromatic heterocycles. The molecule has 0 saturated carbocycles. The van der Waals surface area contributed by atoms with Gasteiger partial charge in [-0.3, -0.25) is 14.4 Å². The summed E-state index contributed by atoms with van der Waals surface area (Å²) in [6.45, 7) is 6.97. The molecule has 0 aromatic rings. The van der Waals surface area contributed by atoms with E-state index in [0.29, 0.717) is 32.2 Å². The van der Waals surface area contributed by atoms with E-state index < -0.39 is 6.04 Å². The lowest BCUT2D eigenvalue weighted by Crippen LogP contribution is -2.50. The number of hydrogen-bond acceptors (Lipinski definition) is 4. The van der Waals surface area contributed by atoms with Crippen molar-refractivity contribution in [2.24, 2.45) is 5.92 Å². The van der Waals surface area contributed by atoms with E-state index in [2.05, 4.69) is 22.3 Å². The fourth-order valence-electron chi connectivity index (χ4n) is 4.60. The topological polar surface area (TPSA) is 84.5 Å². The molecule has 2 atom stereocenters. The molecule has 2 N–H and O–H groups in total. The average molecular weight is 525 g/mol. The number of nitrogens with one attached hydrogen (secondary N) is 2. The molecule has 37 heavy (non-hydrogen) atoms. The van der Waals surface area contributed by atoms with Crippen LogP contribution in [0.25, 0.3) is 0 Å². The number of carbonyl (C=O) groups is 3. The molecule has 0 aliphatic carbocycles. The van der Waals surface area contributed by atoms with Crippen LogP contribution in [0.3, 0.4) is 0 Å². The zero-order valence-electron chi connectivity index (χ0n) is 24.8. The second-order valence-corrected chi connectivity index (χ2v) is 10.8. The van der Waals surface area contributed by atoms with Gasteiger partial charge in [0.2, 0.25) is 11.8 Å². The third-order valence-corrected chi connectivity index (χ3v) is 7.40. The average Bonchev–Trinajstić information content (AvgIpc) is 2.90. The van der Waals surface area contributed by atoms with Crippen molar-refractivity contribution in [3.05, 3.63) is 0 Å². The van der Waals surface area contributed by atoms with Crippen LogP contribution >= 0.6 is 0 Å². The summed E-state index contributed by atoms with van der Waals surface area (Å²) < 4.78 is 4.62. The van der Waals surface area contributed by atoms with E-state index in [1.165, 1.54) is 97.0 Å². The van der Waals surface area contributed by atoms with Gasteiger partial charge in [0.1, 0.15) is 6.04 Å². The van der Waals surface area contributed by atoms with E-state index in [-0.39, 0.29) is 23.7 Å². The van der Waals surface area contributed by atoms with Crippen molar-refractivity contribution in [1.29, 1.82) is 0 Å². The maximum Gasteiger partial charge on any atom is 0.305 e. The Balaban J connectivity index is 3.77. The fourth-order valence-corrected chi connectivity index (χ4v) is 4.60. The van der Waals surface area contributed by atoms with Crippen LogP contribution in [-0.2, 0) is 19.1 Å². The van der Waals surface area contributed by atoms with Gasteiger partial charge in [0.25, 0.3) is 0 Å². The summed E-state index contributed by atoms with van der Waals surface area (Å²) in [5.41, 5.74) is 0. The molecule has 0 fully saturated rings. The normalized spacial score (nSPS) is 12.6. The first kappa shape index (κ1) is 35.4. The van der Waals surface area contributed by atoms with Gasteiger partial charge in [-0.25, -0.2) is 0 Å². The summed E-state index contributed by atoms with van der Waals surface area (Å²) in [5, 5.41) is 5.94. The fraction of sp³-hybridized carbons (Fsp3) is 0.903. The summed E-state index contributed by atoms with van der Waals surface area (Å²) in [7, 11) is 1.37. The highest BCUT2D eigenvalue weighted by Gasteiger charge is 2.25. The molecule has 2 amide bonds. The number of methoxy groups -OCH3 is 1. The summed E-state index contributed by atoms with van der Waals surface area (Å²) >= 11 is 0. The number of esters is 1. The summed E-state index contributed by atoms with van der Waals surface area (Å²) in [5.74, 6) is -0.401. The van der Waals surface area contributed by atoms with Crippen LogP contribution in [0.4, 0.5) is 0 Å². The van der Waals surface area contributed by atoms with Gasteiger partial charge in [-0.15, -0.1) is 0 Å². The zero-order chi connectivity index (χ0) is 27.6. The number of hydrogen-bond donors (Lipinski definition) is 2. The Labute approximate surface area is 228 Å². The van der Waals surface area contributed by atoms with E-state index >= 15 is 0 Å². The van der Waals surface area contributed by atoms with Crippen LogP contribution in [0.1, 0.15) is 156 Å². The Kier molecular flexibility index (Phi) is 24.9. The van der Waals surface area contributed by atoms with Crippen molar-refractivity contribution in [3.8, 4) is 0 Å². The Morgan fingerprint density at radius 1 is 0.649 bits per heavy atom. The van der Waals surface area contributed by atoms with Gasteiger partial charge in [0.15, 0.2) is 0 Å². The molecule has 0 aliphatic rings. The first-order chi connectivity index (χ1) is 18.0. The van der Waals surface area contributed by atoms with Gasteiger partial charge in [0, 0.05) is 19.4 Å². The lowest BCUT2D eigenvalue weighted by Gasteiger charge is -2.23. The molecule has 218 valence electrons. The molecule has 0 bridgehead atoms. The second-order valence-electron chi connectivity index (χ2n) is 10.8. The molecular weight excluding hydrogens is 464 g/mol. The van der Waals surface area contributed by atoms with Crippen LogP contribution in [-0.4, -0.2) is 37.5 Å². The van der Waals surface area contributed by atoms with Crippen molar-refractivity contribution < 1.29 is 19.1 Å². The highest BCUT2D eigenvalue weighted by Crippen LogP contribution is 2.14. The van der Waals surface area contributed by atoms with Crippen molar-refractivity contribution >= 4 is 17.8 Å². The largest absolute Gasteiger partial charge is 0.469 e. The molecule has 6 nitrogen and oxygen atoms in total. The third-order valence-electron chi connectivity index (χ3n) is 7.40. The van der Waals surface area contributed by atoms with Crippen LogP contribution in [0.15, 0.2) is 0 Å². The summed E-state index contributed by atoms with van der Waals surface area (Å²) in [4.78, 5) is 36.2. The number of ether oxygens (including phenoxy) is 1. The number of rotatable bonds is 26. The van der Waals surface area contributed by atoms with Gasteiger partial charge in [-0.1, -0.05) is 124 Å². The quantitative estimate of drug-likeness (QED) is 0.0900. The van der Waals surface area contributed by atoms with E-state index in [0.717, 1.165) is 19.3 Å². The Morgan fingerprint density at radius 2 is 1.11 bits per heavy atom. The molecule has 0 rings (SSSR count).